The number of fused-ring (bicyclic) bond motifs is 1. The number of benzene rings is 2. The molecule has 9 nitrogen and oxygen atoms in total. The number of rotatable bonds is 5. The first kappa shape index (κ1) is 23.1. The van der Waals surface area contributed by atoms with Crippen molar-refractivity contribution >= 4 is 20.7 Å². The van der Waals surface area contributed by atoms with Gasteiger partial charge in [-0.25, -0.2) is 17.2 Å². The molecule has 2 aromatic heterocycles. The Morgan fingerprint density at radius 3 is 2.71 bits per heavy atom. The minimum absolute atomic E-state index is 0.118. The highest BCUT2D eigenvalue weighted by molar-refractivity contribution is 7.90. The molecule has 182 valence electrons. The SMILES string of the molecule is CS(=O)(=O)c1ccc(-c2ccc3[nH]nc(-c4cc(=O)[nH]c(O[C@H]5CNCC[C@@H]5F)n4)c3c2)c(F)c1. The molecule has 0 amide bonds. The number of ether oxygens (including phenoxy) is 1. The molecule has 1 fully saturated rings. The molecule has 12 heteroatoms. The number of nitrogens with zero attached hydrogens (tertiary/aromatic N) is 2. The summed E-state index contributed by atoms with van der Waals surface area (Å²) >= 11 is 0. The fourth-order valence-electron chi connectivity index (χ4n) is 4.01. The summed E-state index contributed by atoms with van der Waals surface area (Å²) in [6.07, 6.45) is -0.676. The van der Waals surface area contributed by atoms with Crippen LogP contribution in [0.1, 0.15) is 6.42 Å². The van der Waals surface area contributed by atoms with Crippen molar-refractivity contribution in [1.82, 2.24) is 25.5 Å². The molecule has 5 rings (SSSR count). The normalized spacial score (nSPS) is 18.6. The van der Waals surface area contributed by atoms with E-state index in [0.717, 1.165) is 12.3 Å². The van der Waals surface area contributed by atoms with E-state index >= 15 is 0 Å². The molecule has 0 unspecified atom stereocenters. The van der Waals surface area contributed by atoms with Crippen LogP contribution in [0.25, 0.3) is 33.4 Å². The Morgan fingerprint density at radius 1 is 1.14 bits per heavy atom. The Kier molecular flexibility index (Phi) is 5.85. The predicted molar refractivity (Wildman–Crippen MR) is 125 cm³/mol. The lowest BCUT2D eigenvalue weighted by Crippen LogP contribution is -2.45. The zero-order chi connectivity index (χ0) is 24.7. The minimum Gasteiger partial charge on any atom is -0.457 e. The smallest absolute Gasteiger partial charge is 0.297 e. The van der Waals surface area contributed by atoms with Crippen molar-refractivity contribution in [3.8, 4) is 28.5 Å². The van der Waals surface area contributed by atoms with Crippen molar-refractivity contribution in [3.63, 3.8) is 0 Å². The van der Waals surface area contributed by atoms with E-state index in [1.807, 2.05) is 0 Å². The Labute approximate surface area is 198 Å². The van der Waals surface area contributed by atoms with E-state index in [0.29, 0.717) is 35.1 Å². The van der Waals surface area contributed by atoms with Gasteiger partial charge >= 0.3 is 0 Å². The number of alkyl halides is 1. The summed E-state index contributed by atoms with van der Waals surface area (Å²) in [6, 6.07) is 9.85. The monoisotopic (exact) mass is 501 g/mol. The van der Waals surface area contributed by atoms with Crippen molar-refractivity contribution in [3.05, 3.63) is 58.6 Å². The van der Waals surface area contributed by atoms with E-state index in [4.69, 9.17) is 4.74 Å². The van der Waals surface area contributed by atoms with Crippen LogP contribution in [0.3, 0.4) is 0 Å². The number of nitrogens with one attached hydrogen (secondary N) is 3. The van der Waals surface area contributed by atoms with Crippen LogP contribution in [0.4, 0.5) is 8.78 Å². The van der Waals surface area contributed by atoms with Crippen LogP contribution >= 0.6 is 0 Å². The second-order valence-corrected chi connectivity index (χ2v) is 10.4. The van der Waals surface area contributed by atoms with E-state index < -0.39 is 33.5 Å². The molecule has 1 aliphatic rings. The maximum absolute atomic E-state index is 14.8. The second kappa shape index (κ2) is 8.86. The van der Waals surface area contributed by atoms with Crippen molar-refractivity contribution in [2.75, 3.05) is 19.3 Å². The summed E-state index contributed by atoms with van der Waals surface area (Å²) in [6.45, 7) is 0.831. The van der Waals surface area contributed by atoms with Gasteiger partial charge in [0.25, 0.3) is 11.6 Å². The fraction of sp³-hybridized carbons (Fsp3) is 0.261. The van der Waals surface area contributed by atoms with Gasteiger partial charge in [-0.05, 0) is 42.8 Å². The first-order chi connectivity index (χ1) is 16.7. The minimum atomic E-state index is -3.55. The van der Waals surface area contributed by atoms with Crippen LogP contribution in [0.15, 0.2) is 52.2 Å². The zero-order valence-corrected chi connectivity index (χ0v) is 19.3. The van der Waals surface area contributed by atoms with Gasteiger partial charge in [0, 0.05) is 29.8 Å². The van der Waals surface area contributed by atoms with Crippen LogP contribution in [0.5, 0.6) is 6.01 Å². The summed E-state index contributed by atoms with van der Waals surface area (Å²) in [5, 5.41) is 10.7. The molecule has 0 aliphatic carbocycles. The number of aromatic nitrogens is 4. The van der Waals surface area contributed by atoms with E-state index in [9.17, 15) is 22.0 Å². The lowest BCUT2D eigenvalue weighted by molar-refractivity contribution is 0.0666. The summed E-state index contributed by atoms with van der Waals surface area (Å²) in [4.78, 5) is 19.0. The second-order valence-electron chi connectivity index (χ2n) is 8.35. The Balaban J connectivity index is 1.53. The Hall–Kier alpha value is -3.64. The molecule has 2 atom stereocenters. The van der Waals surface area contributed by atoms with E-state index in [1.165, 1.54) is 18.2 Å². The highest BCUT2D eigenvalue weighted by Crippen LogP contribution is 2.32. The van der Waals surface area contributed by atoms with Crippen LogP contribution in [0, 0.1) is 5.82 Å². The molecule has 0 saturated carbocycles. The van der Waals surface area contributed by atoms with Gasteiger partial charge in [-0.3, -0.25) is 14.9 Å². The Morgan fingerprint density at radius 2 is 1.97 bits per heavy atom. The molecule has 0 spiro atoms. The van der Waals surface area contributed by atoms with Gasteiger partial charge in [-0.1, -0.05) is 12.1 Å². The lowest BCUT2D eigenvalue weighted by Gasteiger charge is -2.26. The molecule has 3 N–H and O–H groups in total. The van der Waals surface area contributed by atoms with Crippen LogP contribution in [0.2, 0.25) is 0 Å². The van der Waals surface area contributed by atoms with Gasteiger partial charge in [0.2, 0.25) is 0 Å². The van der Waals surface area contributed by atoms with Gasteiger partial charge < -0.3 is 10.1 Å². The molecular formula is C23H21F2N5O4S. The standard InChI is InChI=1S/C23H21F2N5O4S/c1-35(32,33)13-3-4-14(17(25)9-13)12-2-5-18-15(8-12)22(30-29-18)19-10-21(31)28-23(27-19)34-20-11-26-7-6-16(20)24/h2-5,8-10,16,20,26H,6-7,11H2,1H3,(H,29,30)(H,27,28,31)/t16-,20-/m0/s1. The summed E-state index contributed by atoms with van der Waals surface area (Å²) in [5.74, 6) is -0.691. The predicted octanol–water partition coefficient (Wildman–Crippen LogP) is 2.60. The van der Waals surface area contributed by atoms with Gasteiger partial charge in [0.05, 0.1) is 10.4 Å². The first-order valence-corrected chi connectivity index (χ1v) is 12.7. The largest absolute Gasteiger partial charge is 0.457 e. The topological polar surface area (TPSA) is 130 Å². The van der Waals surface area contributed by atoms with Gasteiger partial charge in [0.1, 0.15) is 29.5 Å². The average Bonchev–Trinajstić information content (AvgIpc) is 3.23. The zero-order valence-electron chi connectivity index (χ0n) is 18.5. The van der Waals surface area contributed by atoms with Crippen molar-refractivity contribution < 1.29 is 21.9 Å². The van der Waals surface area contributed by atoms with Crippen molar-refractivity contribution in [1.29, 1.82) is 0 Å². The third kappa shape index (κ3) is 4.66. The van der Waals surface area contributed by atoms with Gasteiger partial charge in [-0.15, -0.1) is 0 Å². The molecule has 35 heavy (non-hydrogen) atoms. The fourth-order valence-corrected chi connectivity index (χ4v) is 4.64. The van der Waals surface area contributed by atoms with Crippen LogP contribution in [-0.4, -0.2) is 60.2 Å². The summed E-state index contributed by atoms with van der Waals surface area (Å²) in [5.41, 5.74) is 1.31. The van der Waals surface area contributed by atoms with Gasteiger partial charge in [0.15, 0.2) is 9.84 Å². The molecule has 1 aliphatic heterocycles. The number of sulfone groups is 1. The highest BCUT2D eigenvalue weighted by Gasteiger charge is 2.27. The number of hydrogen-bond donors (Lipinski definition) is 3. The third-order valence-corrected chi connectivity index (χ3v) is 6.92. The molecular weight excluding hydrogens is 480 g/mol. The van der Waals surface area contributed by atoms with E-state index in [1.54, 1.807) is 18.2 Å². The number of piperidine rings is 1. The summed E-state index contributed by atoms with van der Waals surface area (Å²) < 4.78 is 58.0. The number of H-pyrrole nitrogens is 2. The van der Waals surface area contributed by atoms with E-state index in [2.05, 4.69) is 25.5 Å². The third-order valence-electron chi connectivity index (χ3n) is 5.81. The van der Waals surface area contributed by atoms with Crippen LogP contribution in [-0.2, 0) is 9.84 Å². The molecule has 0 radical (unpaired) electrons. The molecule has 0 bridgehead atoms. The first-order valence-electron chi connectivity index (χ1n) is 10.8. The average molecular weight is 502 g/mol. The van der Waals surface area contributed by atoms with Crippen LogP contribution < -0.4 is 15.6 Å². The number of halogens is 2. The molecule has 2 aromatic carbocycles. The molecule has 3 heterocycles. The quantitative estimate of drug-likeness (QED) is 0.383. The summed E-state index contributed by atoms with van der Waals surface area (Å²) in [7, 11) is -3.55. The highest BCUT2D eigenvalue weighted by atomic mass is 32.2. The number of hydrogen-bond acceptors (Lipinski definition) is 7. The molecule has 4 aromatic rings. The van der Waals surface area contributed by atoms with Crippen molar-refractivity contribution in [2.24, 2.45) is 0 Å². The maximum Gasteiger partial charge on any atom is 0.297 e. The van der Waals surface area contributed by atoms with Gasteiger partial charge in [-0.2, -0.15) is 10.1 Å². The maximum atomic E-state index is 14.8. The van der Waals surface area contributed by atoms with Crippen molar-refractivity contribution in [2.45, 2.75) is 23.6 Å². The Bertz CT molecular complexity index is 1580. The van der Waals surface area contributed by atoms with E-state index in [-0.39, 0.29) is 28.7 Å². The molecule has 1 saturated heterocycles. The number of aromatic amines is 2. The lowest BCUT2D eigenvalue weighted by atomic mass is 10.0.